The van der Waals surface area contributed by atoms with Gasteiger partial charge in [-0.3, -0.25) is 0 Å². The SMILES string of the molecule is C.C.CCNCC(C)CC.[B]O. The third kappa shape index (κ3) is 22.5. The molecule has 2 nitrogen and oxygen atoms in total. The van der Waals surface area contributed by atoms with Crippen molar-refractivity contribution in [3.63, 3.8) is 0 Å². The fraction of sp³-hybridized carbons (Fsp3) is 1.00. The van der Waals surface area contributed by atoms with E-state index in [0.717, 1.165) is 12.5 Å². The highest BCUT2D eigenvalue weighted by Gasteiger charge is 1.93. The third-order valence-corrected chi connectivity index (χ3v) is 1.44. The minimum atomic E-state index is 0. The summed E-state index contributed by atoms with van der Waals surface area (Å²) in [4.78, 5) is 0. The third-order valence-electron chi connectivity index (χ3n) is 1.44. The molecule has 0 bridgehead atoms. The largest absolute Gasteiger partial charge is 0.461 e. The van der Waals surface area contributed by atoms with Crippen LogP contribution in [0.3, 0.4) is 0 Å². The summed E-state index contributed by atoms with van der Waals surface area (Å²) in [5.74, 6) is 0.843. The summed E-state index contributed by atoms with van der Waals surface area (Å²) in [6.07, 6.45) is 1.28. The highest BCUT2D eigenvalue weighted by atomic mass is 16.2. The lowest BCUT2D eigenvalue weighted by Crippen LogP contribution is -2.19. The molecule has 1 atom stereocenters. The van der Waals surface area contributed by atoms with E-state index in [1.165, 1.54) is 13.0 Å². The molecular weight excluding hydrogens is 149 g/mol. The molecule has 76 valence electrons. The average molecular weight is 175 g/mol. The van der Waals surface area contributed by atoms with Crippen LogP contribution < -0.4 is 5.32 Å². The Bertz CT molecular complexity index is 53.8. The molecule has 0 aromatic heterocycles. The predicted molar refractivity (Wildman–Crippen MR) is 59.4 cm³/mol. The van der Waals surface area contributed by atoms with Crippen LogP contribution in [0, 0.1) is 5.92 Å². The van der Waals surface area contributed by atoms with E-state index < -0.39 is 0 Å². The molecule has 1 unspecified atom stereocenters. The second kappa shape index (κ2) is 22.4. The zero-order valence-corrected chi connectivity index (χ0v) is 7.22. The van der Waals surface area contributed by atoms with Gasteiger partial charge in [-0.2, -0.15) is 0 Å². The number of hydrogen-bond acceptors (Lipinski definition) is 2. The molecule has 0 saturated heterocycles. The van der Waals surface area contributed by atoms with Crippen molar-refractivity contribution in [3.05, 3.63) is 0 Å². The Morgan fingerprint density at radius 2 is 1.67 bits per heavy atom. The number of hydrogen-bond donors (Lipinski definition) is 2. The molecule has 0 spiro atoms. The molecule has 0 aliphatic carbocycles. The highest BCUT2D eigenvalue weighted by molar-refractivity contribution is 5.95. The Hall–Kier alpha value is -0.0151. The van der Waals surface area contributed by atoms with Gasteiger partial charge in [0.1, 0.15) is 0 Å². The first kappa shape index (κ1) is 22.7. The van der Waals surface area contributed by atoms with Gasteiger partial charge in [-0.1, -0.05) is 42.0 Å². The molecule has 0 aromatic rings. The molecule has 0 aliphatic heterocycles. The highest BCUT2D eigenvalue weighted by Crippen LogP contribution is 1.95. The van der Waals surface area contributed by atoms with Crippen molar-refractivity contribution < 1.29 is 5.02 Å². The van der Waals surface area contributed by atoms with Crippen LogP contribution in [0.25, 0.3) is 0 Å². The zero-order valence-electron chi connectivity index (χ0n) is 7.22. The molecule has 2 radical (unpaired) electrons. The molecule has 0 aromatic carbocycles. The van der Waals surface area contributed by atoms with Crippen LogP contribution in [-0.4, -0.2) is 26.2 Å². The van der Waals surface area contributed by atoms with Crippen molar-refractivity contribution in [2.75, 3.05) is 13.1 Å². The molecular formula is C9H26BNO. The van der Waals surface area contributed by atoms with E-state index in [1.807, 2.05) is 0 Å². The van der Waals surface area contributed by atoms with Gasteiger partial charge in [-0.05, 0) is 19.0 Å². The first-order valence-corrected chi connectivity index (χ1v) is 3.77. The van der Waals surface area contributed by atoms with Crippen LogP contribution in [0.5, 0.6) is 0 Å². The van der Waals surface area contributed by atoms with Gasteiger partial charge in [0.25, 0.3) is 8.05 Å². The Kier molecular flexibility index (Phi) is 42.4. The van der Waals surface area contributed by atoms with Gasteiger partial charge in [0.2, 0.25) is 0 Å². The first-order chi connectivity index (χ1) is 4.81. The minimum Gasteiger partial charge on any atom is -0.461 e. The molecule has 0 heterocycles. The van der Waals surface area contributed by atoms with Gasteiger partial charge in [0.05, 0.1) is 0 Å². The van der Waals surface area contributed by atoms with Gasteiger partial charge in [-0.15, -0.1) is 0 Å². The van der Waals surface area contributed by atoms with Crippen molar-refractivity contribution >= 4 is 8.05 Å². The fourth-order valence-electron chi connectivity index (χ4n) is 0.535. The lowest BCUT2D eigenvalue weighted by Gasteiger charge is -2.06. The molecule has 0 fully saturated rings. The Morgan fingerprint density at radius 3 is 1.92 bits per heavy atom. The van der Waals surface area contributed by atoms with Gasteiger partial charge >= 0.3 is 0 Å². The average Bonchev–Trinajstić information content (AvgIpc) is 2.04. The van der Waals surface area contributed by atoms with Gasteiger partial charge < -0.3 is 10.3 Å². The Balaban J connectivity index is -0.0000000740. The molecule has 12 heavy (non-hydrogen) atoms. The lowest BCUT2D eigenvalue weighted by molar-refractivity contribution is 0.510. The van der Waals surface area contributed by atoms with E-state index >= 15 is 0 Å². The molecule has 0 amide bonds. The topological polar surface area (TPSA) is 32.3 Å². The summed E-state index contributed by atoms with van der Waals surface area (Å²) >= 11 is 0. The van der Waals surface area contributed by atoms with E-state index in [2.05, 4.69) is 34.1 Å². The van der Waals surface area contributed by atoms with Crippen molar-refractivity contribution in [1.82, 2.24) is 5.32 Å². The van der Waals surface area contributed by atoms with Crippen molar-refractivity contribution in [1.29, 1.82) is 0 Å². The fourth-order valence-corrected chi connectivity index (χ4v) is 0.535. The van der Waals surface area contributed by atoms with E-state index in [0.29, 0.717) is 0 Å². The normalized spacial score (nSPS) is 9.67. The molecule has 0 saturated carbocycles. The van der Waals surface area contributed by atoms with Crippen LogP contribution in [0.4, 0.5) is 0 Å². The summed E-state index contributed by atoms with van der Waals surface area (Å²) in [5.41, 5.74) is 0. The van der Waals surface area contributed by atoms with E-state index in [4.69, 9.17) is 5.02 Å². The van der Waals surface area contributed by atoms with Crippen LogP contribution >= 0.6 is 0 Å². The maximum Gasteiger partial charge on any atom is 0.277 e. The smallest absolute Gasteiger partial charge is 0.277 e. The standard InChI is InChI=1S/C7H17N.2CH4.BHO/c1-4-7(3)6-8-5-2;;;1-2/h7-8H,4-6H2,1-3H3;2*1H4;2H. The summed E-state index contributed by atoms with van der Waals surface area (Å²) in [6, 6.07) is 0. The molecule has 2 N–H and O–H groups in total. The Labute approximate surface area is 80.2 Å². The van der Waals surface area contributed by atoms with Crippen LogP contribution in [0.2, 0.25) is 0 Å². The van der Waals surface area contributed by atoms with Crippen molar-refractivity contribution in [3.8, 4) is 0 Å². The maximum absolute atomic E-state index is 6.50. The lowest BCUT2D eigenvalue weighted by atomic mass is 10.1. The number of nitrogens with one attached hydrogen (secondary N) is 1. The van der Waals surface area contributed by atoms with Crippen LogP contribution in [0.15, 0.2) is 0 Å². The summed E-state index contributed by atoms with van der Waals surface area (Å²) < 4.78 is 0. The monoisotopic (exact) mass is 175 g/mol. The quantitative estimate of drug-likeness (QED) is 0.640. The minimum absolute atomic E-state index is 0. The molecule has 3 heteroatoms. The number of rotatable bonds is 4. The predicted octanol–water partition coefficient (Wildman–Crippen LogP) is 1.98. The Morgan fingerprint density at radius 1 is 1.25 bits per heavy atom. The van der Waals surface area contributed by atoms with Gasteiger partial charge in [-0.25, -0.2) is 0 Å². The van der Waals surface area contributed by atoms with Crippen LogP contribution in [0.1, 0.15) is 42.0 Å². The summed E-state index contributed by atoms with van der Waals surface area (Å²) in [5, 5.41) is 9.80. The van der Waals surface area contributed by atoms with E-state index in [-0.39, 0.29) is 14.9 Å². The summed E-state index contributed by atoms with van der Waals surface area (Å²) in [7, 11) is 3.50. The van der Waals surface area contributed by atoms with E-state index in [9.17, 15) is 0 Å². The first-order valence-electron chi connectivity index (χ1n) is 3.77. The molecule has 0 aliphatic rings. The van der Waals surface area contributed by atoms with Crippen LogP contribution in [-0.2, 0) is 0 Å². The van der Waals surface area contributed by atoms with Gasteiger partial charge in [0, 0.05) is 0 Å². The van der Waals surface area contributed by atoms with Gasteiger partial charge in [0.15, 0.2) is 0 Å². The zero-order chi connectivity index (χ0) is 8.41. The maximum atomic E-state index is 6.50. The van der Waals surface area contributed by atoms with E-state index in [1.54, 1.807) is 0 Å². The second-order valence-electron chi connectivity index (χ2n) is 2.32. The van der Waals surface area contributed by atoms with Crippen molar-refractivity contribution in [2.24, 2.45) is 5.92 Å². The van der Waals surface area contributed by atoms with Crippen molar-refractivity contribution in [2.45, 2.75) is 42.0 Å². The molecule has 0 rings (SSSR count). The summed E-state index contributed by atoms with van der Waals surface area (Å²) in [6.45, 7) is 8.91. The second-order valence-corrected chi connectivity index (χ2v) is 2.32.